The third-order valence-corrected chi connectivity index (χ3v) is 5.67. The Morgan fingerprint density at radius 2 is 2.03 bits per heavy atom. The van der Waals surface area contributed by atoms with Crippen LogP contribution in [0.4, 0.5) is 21.5 Å². The lowest BCUT2D eigenvalue weighted by atomic mass is 10.1. The molecule has 1 fully saturated rings. The maximum absolute atomic E-state index is 14.6. The number of nitrogens with zero attached hydrogens (tertiary/aromatic N) is 3. The summed E-state index contributed by atoms with van der Waals surface area (Å²) in [6.07, 6.45) is 4.07. The lowest BCUT2D eigenvalue weighted by Crippen LogP contribution is -2.43. The van der Waals surface area contributed by atoms with Gasteiger partial charge in [0.1, 0.15) is 5.82 Å². The molecule has 0 aliphatic carbocycles. The average Bonchev–Trinajstić information content (AvgIpc) is 2.85. The predicted octanol–water partition coefficient (Wildman–Crippen LogP) is 3.20. The van der Waals surface area contributed by atoms with Crippen LogP contribution in [-0.4, -0.2) is 59.8 Å². The summed E-state index contributed by atoms with van der Waals surface area (Å²) in [5.74, 6) is -0.796. The molecule has 1 aliphatic heterocycles. The van der Waals surface area contributed by atoms with Crippen molar-refractivity contribution < 1.29 is 14.3 Å². The largest absolute Gasteiger partial charge is 0.392 e. The van der Waals surface area contributed by atoms with E-state index in [0.717, 1.165) is 31.9 Å². The maximum atomic E-state index is 14.6. The minimum atomic E-state index is -0.674. The van der Waals surface area contributed by atoms with E-state index < -0.39 is 11.9 Å². The smallest absolute Gasteiger partial charge is 0.255 e. The molecule has 0 spiro atoms. The number of carbonyl (C=O) groups is 1. The molecule has 1 amide bonds. The molecule has 0 radical (unpaired) electrons. The molecule has 1 aromatic carbocycles. The highest BCUT2D eigenvalue weighted by molar-refractivity contribution is 6.30. The van der Waals surface area contributed by atoms with Crippen LogP contribution in [0.15, 0.2) is 48.9 Å². The third-order valence-electron chi connectivity index (χ3n) is 5.44. The lowest BCUT2D eigenvalue weighted by Gasteiger charge is -2.31. The van der Waals surface area contributed by atoms with Gasteiger partial charge in [-0.25, -0.2) is 4.39 Å². The highest BCUT2D eigenvalue weighted by Gasteiger charge is 2.19. The summed E-state index contributed by atoms with van der Waals surface area (Å²) in [4.78, 5) is 23.5. The van der Waals surface area contributed by atoms with Gasteiger partial charge in [0.25, 0.3) is 5.91 Å². The van der Waals surface area contributed by atoms with Gasteiger partial charge >= 0.3 is 0 Å². The zero-order valence-electron chi connectivity index (χ0n) is 18.7. The number of aliphatic hydroxyl groups is 1. The second-order valence-corrected chi connectivity index (χ2v) is 8.49. The van der Waals surface area contributed by atoms with Crippen LogP contribution in [0.5, 0.6) is 0 Å². The highest BCUT2D eigenvalue weighted by Crippen LogP contribution is 2.34. The molecule has 3 aromatic rings. The number of piperazine rings is 1. The van der Waals surface area contributed by atoms with E-state index in [9.17, 15) is 14.3 Å². The van der Waals surface area contributed by atoms with E-state index >= 15 is 0 Å². The summed E-state index contributed by atoms with van der Waals surface area (Å²) >= 11 is 6.10. The molecule has 10 heteroatoms. The Hall–Kier alpha value is -3.27. The lowest BCUT2D eigenvalue weighted by molar-refractivity contribution is 0.0924. The number of rotatable bonds is 7. The minimum absolute atomic E-state index is 0.118. The molecule has 2 aromatic heterocycles. The van der Waals surface area contributed by atoms with Crippen molar-refractivity contribution in [2.45, 2.75) is 13.0 Å². The van der Waals surface area contributed by atoms with Gasteiger partial charge < -0.3 is 26.0 Å². The van der Waals surface area contributed by atoms with Crippen LogP contribution in [0, 0.1) is 5.82 Å². The quantitative estimate of drug-likeness (QED) is 0.408. The predicted molar refractivity (Wildman–Crippen MR) is 131 cm³/mol. The first-order valence-electron chi connectivity index (χ1n) is 11.0. The van der Waals surface area contributed by atoms with Crippen molar-refractivity contribution in [2.24, 2.45) is 0 Å². The number of carbonyl (C=O) groups excluding carboxylic acids is 1. The van der Waals surface area contributed by atoms with Crippen LogP contribution < -0.4 is 20.9 Å². The summed E-state index contributed by atoms with van der Waals surface area (Å²) in [6, 6.07) is 7.78. The van der Waals surface area contributed by atoms with Crippen molar-refractivity contribution in [2.75, 3.05) is 42.9 Å². The SMILES string of the molecule is CC(O)CNC(=O)c1cnccc1Nc1cc(-c2cc(Cl)ccc2F)ncc1N1CCNCC1. The number of benzene rings is 1. The third kappa shape index (κ3) is 5.61. The van der Waals surface area contributed by atoms with Crippen LogP contribution in [0.1, 0.15) is 17.3 Å². The second-order valence-electron chi connectivity index (χ2n) is 8.05. The summed E-state index contributed by atoms with van der Waals surface area (Å²) in [6.45, 7) is 4.92. The molecule has 0 saturated carbocycles. The topological polar surface area (TPSA) is 102 Å². The van der Waals surface area contributed by atoms with Crippen molar-refractivity contribution in [1.82, 2.24) is 20.6 Å². The Bertz CT molecular complexity index is 1170. The summed E-state index contributed by atoms with van der Waals surface area (Å²) < 4.78 is 14.6. The fourth-order valence-corrected chi connectivity index (χ4v) is 3.88. The number of hydrogen-bond acceptors (Lipinski definition) is 7. The van der Waals surface area contributed by atoms with Gasteiger partial charge in [-0.3, -0.25) is 14.8 Å². The van der Waals surface area contributed by atoms with Gasteiger partial charge in [-0.15, -0.1) is 0 Å². The monoisotopic (exact) mass is 484 g/mol. The van der Waals surface area contributed by atoms with Crippen molar-refractivity contribution >= 4 is 34.6 Å². The maximum Gasteiger partial charge on any atom is 0.255 e. The van der Waals surface area contributed by atoms with Gasteiger partial charge in [-0.2, -0.15) is 0 Å². The van der Waals surface area contributed by atoms with Crippen molar-refractivity contribution in [1.29, 1.82) is 0 Å². The van der Waals surface area contributed by atoms with E-state index in [1.165, 1.54) is 24.4 Å². The van der Waals surface area contributed by atoms with E-state index in [0.29, 0.717) is 27.7 Å². The van der Waals surface area contributed by atoms with E-state index in [2.05, 4.69) is 30.8 Å². The van der Waals surface area contributed by atoms with Gasteiger partial charge in [0.05, 0.1) is 40.6 Å². The standard InChI is InChI=1S/C24H26ClFN6O2/c1-15(33)12-30-24(34)18-13-28-5-4-20(18)31-22-11-21(17-10-16(25)2-3-19(17)26)29-14-23(22)32-8-6-27-7-9-32/h2-5,10-11,13-15,27,33H,6-9,12H2,1H3,(H,30,34)(H,28,29,31). The number of nitrogens with one attached hydrogen (secondary N) is 3. The molecule has 0 bridgehead atoms. The van der Waals surface area contributed by atoms with Crippen molar-refractivity contribution in [3.05, 3.63) is 65.3 Å². The Kier molecular flexibility index (Phi) is 7.56. The Labute approximate surface area is 202 Å². The number of aromatic nitrogens is 2. The zero-order chi connectivity index (χ0) is 24.1. The zero-order valence-corrected chi connectivity index (χ0v) is 19.4. The highest BCUT2D eigenvalue weighted by atomic mass is 35.5. The molecule has 8 nitrogen and oxygen atoms in total. The van der Waals surface area contributed by atoms with E-state index in [1.807, 2.05) is 0 Å². The summed E-state index contributed by atoms with van der Waals surface area (Å²) in [5.41, 5.74) is 3.05. The first-order valence-corrected chi connectivity index (χ1v) is 11.4. The molecular weight excluding hydrogens is 459 g/mol. The average molecular weight is 485 g/mol. The number of pyridine rings is 2. The van der Waals surface area contributed by atoms with Crippen LogP contribution in [0.2, 0.25) is 5.02 Å². The normalized spacial score (nSPS) is 14.5. The Morgan fingerprint density at radius 1 is 1.24 bits per heavy atom. The molecule has 1 atom stereocenters. The summed E-state index contributed by atoms with van der Waals surface area (Å²) in [7, 11) is 0. The molecule has 34 heavy (non-hydrogen) atoms. The van der Waals surface area contributed by atoms with E-state index in [1.54, 1.807) is 31.5 Å². The second kappa shape index (κ2) is 10.8. The Balaban J connectivity index is 1.74. The first kappa shape index (κ1) is 23.9. The van der Waals surface area contributed by atoms with Crippen LogP contribution in [0.25, 0.3) is 11.3 Å². The number of aliphatic hydroxyl groups excluding tert-OH is 1. The number of amides is 1. The fourth-order valence-electron chi connectivity index (χ4n) is 3.71. The molecule has 1 aliphatic rings. The van der Waals surface area contributed by atoms with Gasteiger partial charge in [-0.1, -0.05) is 11.6 Å². The number of hydrogen-bond donors (Lipinski definition) is 4. The van der Waals surface area contributed by atoms with Gasteiger partial charge in [0.15, 0.2) is 0 Å². The van der Waals surface area contributed by atoms with Gasteiger partial charge in [-0.05, 0) is 37.3 Å². The number of halogens is 2. The molecule has 1 unspecified atom stereocenters. The number of anilines is 3. The van der Waals surface area contributed by atoms with Crippen LogP contribution in [-0.2, 0) is 0 Å². The van der Waals surface area contributed by atoms with Crippen LogP contribution >= 0.6 is 11.6 Å². The summed E-state index contributed by atoms with van der Waals surface area (Å²) in [5, 5.41) is 19.3. The van der Waals surface area contributed by atoms with E-state index in [4.69, 9.17) is 11.6 Å². The molecular formula is C24H26ClFN6O2. The van der Waals surface area contributed by atoms with Gasteiger partial charge in [0, 0.05) is 55.7 Å². The van der Waals surface area contributed by atoms with Crippen molar-refractivity contribution in [3.8, 4) is 11.3 Å². The van der Waals surface area contributed by atoms with Crippen LogP contribution in [0.3, 0.4) is 0 Å². The minimum Gasteiger partial charge on any atom is -0.392 e. The molecule has 4 rings (SSSR count). The van der Waals surface area contributed by atoms with Gasteiger partial charge in [0.2, 0.25) is 0 Å². The molecule has 178 valence electrons. The molecule has 4 N–H and O–H groups in total. The first-order chi connectivity index (χ1) is 16.4. The molecule has 1 saturated heterocycles. The van der Waals surface area contributed by atoms with Crippen molar-refractivity contribution in [3.63, 3.8) is 0 Å². The van der Waals surface area contributed by atoms with E-state index in [-0.39, 0.29) is 18.0 Å². The molecule has 3 heterocycles. The fraction of sp³-hybridized carbons (Fsp3) is 0.292. The Morgan fingerprint density at radius 3 is 2.79 bits per heavy atom.